The molecule has 3 heteroatoms. The topological polar surface area (TPSA) is 33.6 Å². The van der Waals surface area contributed by atoms with Crippen molar-refractivity contribution in [1.82, 2.24) is 5.48 Å². The van der Waals surface area contributed by atoms with Gasteiger partial charge in [0.25, 0.3) is 0 Å². The van der Waals surface area contributed by atoms with E-state index in [1.165, 1.54) is 6.40 Å². The summed E-state index contributed by atoms with van der Waals surface area (Å²) in [5.74, 6) is 0. The molecule has 0 saturated heterocycles. The predicted molar refractivity (Wildman–Crippen MR) is 16.0 cm³/mol. The van der Waals surface area contributed by atoms with Crippen molar-refractivity contribution in [3.8, 4) is 0 Å². The third-order valence-corrected chi connectivity index (χ3v) is 0.275. The Labute approximate surface area is 29.6 Å². The van der Waals surface area contributed by atoms with Crippen LogP contribution in [-0.4, -0.2) is 6.40 Å². The Morgan fingerprint density at radius 1 is 2.00 bits per heavy atom. The zero-order chi connectivity index (χ0) is 3.54. The van der Waals surface area contributed by atoms with Crippen LogP contribution in [0.2, 0.25) is 0 Å². The zero-order valence-electron chi connectivity index (χ0n) is 2.43. The minimum absolute atomic E-state index is 1.26. The molecule has 0 amide bonds. The van der Waals surface area contributed by atoms with Gasteiger partial charge in [-0.15, -0.1) is 5.48 Å². The first-order valence-corrected chi connectivity index (χ1v) is 1.17. The summed E-state index contributed by atoms with van der Waals surface area (Å²) in [4.78, 5) is 7.67. The highest BCUT2D eigenvalue weighted by Crippen LogP contribution is 1.76. The molecule has 1 aliphatic rings. The number of hydrogen-bond donors (Lipinski definition) is 1. The minimum Gasteiger partial charge on any atom is -0.394 e. The quantitative estimate of drug-likeness (QED) is 0.418. The molecular weight excluding hydrogens is 68.0 g/mol. The number of nitrogens with zero attached hydrogens (tertiary/aromatic N) is 1. The molecule has 0 aromatic carbocycles. The van der Waals surface area contributed by atoms with E-state index >= 15 is 0 Å². The van der Waals surface area contributed by atoms with Gasteiger partial charge in [-0.3, -0.25) is 0 Å². The van der Waals surface area contributed by atoms with Crippen molar-refractivity contribution in [3.63, 3.8) is 0 Å². The second-order valence-electron chi connectivity index (χ2n) is 0.566. The summed E-state index contributed by atoms with van der Waals surface area (Å²) in [7, 11) is 0. The van der Waals surface area contributed by atoms with E-state index in [1.807, 2.05) is 0 Å². The fourth-order valence-electron chi connectivity index (χ4n) is 0.132. The Morgan fingerprint density at radius 3 is 3.20 bits per heavy atom. The molecule has 1 aliphatic heterocycles. The molecule has 1 heterocycles. The molecule has 0 aliphatic carbocycles. The van der Waals surface area contributed by atoms with E-state index in [1.54, 1.807) is 0 Å². The van der Waals surface area contributed by atoms with Crippen LogP contribution in [0.3, 0.4) is 0 Å². The van der Waals surface area contributed by atoms with E-state index in [0.29, 0.717) is 0 Å². The highest BCUT2D eigenvalue weighted by atomic mass is 16.7. The molecule has 1 rings (SSSR count). The van der Waals surface area contributed by atoms with Crippen molar-refractivity contribution in [2.45, 2.75) is 0 Å². The molecule has 5 heavy (non-hydrogen) atoms. The second-order valence-corrected chi connectivity index (χ2v) is 0.566. The van der Waals surface area contributed by atoms with Crippen LogP contribution < -0.4 is 5.48 Å². The van der Waals surface area contributed by atoms with E-state index in [9.17, 15) is 0 Å². The fraction of sp³-hybridized carbons (Fsp3) is 0. The molecular formula is C2H2N2O. The standard InChI is InChI=1S/C2H2N2O/c1-3-2-5-4-1/h2,4H. The molecule has 0 fully saturated rings. The van der Waals surface area contributed by atoms with Gasteiger partial charge >= 0.3 is 0 Å². The Hall–Kier alpha value is -0.570. The highest BCUT2D eigenvalue weighted by Gasteiger charge is 1.85. The lowest BCUT2D eigenvalue weighted by Crippen LogP contribution is -1.98. The Balaban J connectivity index is 2.32. The summed E-state index contributed by atoms with van der Waals surface area (Å²) in [5, 5.41) is 0. The lowest BCUT2D eigenvalue weighted by Gasteiger charge is -1.77. The average molecular weight is 70.1 g/mol. The van der Waals surface area contributed by atoms with Gasteiger partial charge < -0.3 is 4.84 Å². The van der Waals surface area contributed by atoms with E-state index in [-0.39, 0.29) is 0 Å². The zero-order valence-corrected chi connectivity index (χ0v) is 2.43. The highest BCUT2D eigenvalue weighted by molar-refractivity contribution is 5.48. The molecule has 0 spiro atoms. The molecule has 0 aromatic rings. The van der Waals surface area contributed by atoms with Crippen LogP contribution in [-0.2, 0) is 4.84 Å². The normalized spacial score (nSPS) is 19.2. The van der Waals surface area contributed by atoms with Crippen molar-refractivity contribution in [3.05, 3.63) is 6.67 Å². The number of nitrogens with one attached hydrogen (secondary N) is 1. The van der Waals surface area contributed by atoms with Crippen LogP contribution in [0.4, 0.5) is 0 Å². The van der Waals surface area contributed by atoms with E-state index in [0.717, 1.165) is 0 Å². The number of aliphatic imine (C=N–C) groups is 1. The summed E-state index contributed by atoms with van der Waals surface area (Å²) >= 11 is 0. The summed E-state index contributed by atoms with van der Waals surface area (Å²) < 4.78 is 0. The smallest absolute Gasteiger partial charge is 0.236 e. The van der Waals surface area contributed by atoms with Gasteiger partial charge in [-0.05, 0) is 0 Å². The SMILES string of the molecule is [C]1N=CON1. The van der Waals surface area contributed by atoms with Crippen molar-refractivity contribution < 1.29 is 4.84 Å². The maximum absolute atomic E-state index is 4.29. The number of rotatable bonds is 0. The fourth-order valence-corrected chi connectivity index (χ4v) is 0.132. The molecule has 1 N–H and O–H groups in total. The van der Waals surface area contributed by atoms with Crippen molar-refractivity contribution in [2.75, 3.05) is 0 Å². The van der Waals surface area contributed by atoms with Crippen molar-refractivity contribution in [2.24, 2.45) is 4.99 Å². The second kappa shape index (κ2) is 1.03. The first-order chi connectivity index (χ1) is 2.50. The number of hydroxylamine groups is 1. The van der Waals surface area contributed by atoms with Gasteiger partial charge in [0.1, 0.15) is 0 Å². The Morgan fingerprint density at radius 2 is 3.00 bits per heavy atom. The van der Waals surface area contributed by atoms with Crippen LogP contribution in [0, 0.1) is 6.67 Å². The van der Waals surface area contributed by atoms with E-state index in [4.69, 9.17) is 0 Å². The number of hydrogen-bond acceptors (Lipinski definition) is 3. The lowest BCUT2D eigenvalue weighted by molar-refractivity contribution is 0.246. The molecule has 0 aromatic heterocycles. The van der Waals surface area contributed by atoms with Crippen LogP contribution in [0.5, 0.6) is 0 Å². The maximum Gasteiger partial charge on any atom is 0.236 e. The lowest BCUT2D eigenvalue weighted by atomic mass is 11.2. The molecule has 26 valence electrons. The Kier molecular flexibility index (Phi) is 0.548. The minimum atomic E-state index is 1.26. The van der Waals surface area contributed by atoms with Crippen LogP contribution >= 0.6 is 0 Å². The molecule has 0 saturated carbocycles. The van der Waals surface area contributed by atoms with Crippen LogP contribution in [0.1, 0.15) is 0 Å². The van der Waals surface area contributed by atoms with Gasteiger partial charge in [-0.2, -0.15) is 0 Å². The van der Waals surface area contributed by atoms with Gasteiger partial charge in [-0.25, -0.2) is 4.99 Å². The first kappa shape index (κ1) is 2.66. The van der Waals surface area contributed by atoms with Gasteiger partial charge in [0, 0.05) is 0 Å². The monoisotopic (exact) mass is 70.0 g/mol. The van der Waals surface area contributed by atoms with Crippen molar-refractivity contribution in [1.29, 1.82) is 0 Å². The molecule has 3 nitrogen and oxygen atoms in total. The van der Waals surface area contributed by atoms with Gasteiger partial charge in [0.05, 0.1) is 0 Å². The third-order valence-electron chi connectivity index (χ3n) is 0.275. The first-order valence-electron chi connectivity index (χ1n) is 1.17. The molecule has 0 unspecified atom stereocenters. The summed E-state index contributed by atoms with van der Waals surface area (Å²) in [6.45, 7) is 2.32. The summed E-state index contributed by atoms with van der Waals surface area (Å²) in [6.07, 6.45) is 1.26. The predicted octanol–water partition coefficient (Wildman–Crippen LogP) is -0.454. The molecule has 0 bridgehead atoms. The summed E-state index contributed by atoms with van der Waals surface area (Å²) in [6, 6.07) is 0. The largest absolute Gasteiger partial charge is 0.394 e. The van der Waals surface area contributed by atoms with Crippen LogP contribution in [0.15, 0.2) is 4.99 Å². The van der Waals surface area contributed by atoms with Gasteiger partial charge in [0.2, 0.25) is 6.67 Å². The van der Waals surface area contributed by atoms with E-state index < -0.39 is 0 Å². The molecule has 0 atom stereocenters. The van der Waals surface area contributed by atoms with E-state index in [2.05, 4.69) is 22.0 Å². The molecule has 2 radical (unpaired) electrons. The Bertz CT molecular complexity index is 45.6. The van der Waals surface area contributed by atoms with Crippen molar-refractivity contribution >= 4 is 6.40 Å². The van der Waals surface area contributed by atoms with Gasteiger partial charge in [-0.1, -0.05) is 0 Å². The summed E-state index contributed by atoms with van der Waals surface area (Å²) in [5.41, 5.74) is 2.25. The third kappa shape index (κ3) is 0.357. The average Bonchev–Trinajstić information content (AvgIpc) is 1.76. The maximum atomic E-state index is 4.29. The van der Waals surface area contributed by atoms with Crippen LogP contribution in [0.25, 0.3) is 0 Å². The van der Waals surface area contributed by atoms with Gasteiger partial charge in [0.15, 0.2) is 6.40 Å².